The fraction of sp³-hybridized carbons (Fsp3) is 0.409. The van der Waals surface area contributed by atoms with E-state index in [1.165, 1.54) is 6.20 Å². The molecule has 2 aliphatic rings. The van der Waals surface area contributed by atoms with Crippen LogP contribution in [0, 0.1) is 23.6 Å². The van der Waals surface area contributed by atoms with Crippen molar-refractivity contribution in [2.45, 2.75) is 19.3 Å². The molecule has 0 radical (unpaired) electrons. The van der Waals surface area contributed by atoms with E-state index < -0.39 is 23.6 Å². The molecule has 1 saturated carbocycles. The summed E-state index contributed by atoms with van der Waals surface area (Å²) >= 11 is 6.06. The number of hydrogen-bond acceptors (Lipinski definition) is 6. The third-order valence-electron chi connectivity index (χ3n) is 6.30. The van der Waals surface area contributed by atoms with Crippen LogP contribution in [-0.2, 0) is 9.59 Å². The summed E-state index contributed by atoms with van der Waals surface area (Å²) in [5, 5.41) is 13.4. The van der Waals surface area contributed by atoms with E-state index in [2.05, 4.69) is 25.3 Å². The van der Waals surface area contributed by atoms with Crippen molar-refractivity contribution in [3.05, 3.63) is 35.5 Å². The minimum Gasteiger partial charge on any atom is -0.481 e. The van der Waals surface area contributed by atoms with Crippen LogP contribution < -0.4 is 5.32 Å². The molecule has 0 bridgehead atoms. The first-order valence-electron chi connectivity index (χ1n) is 10.8. The predicted molar refractivity (Wildman–Crippen MR) is 119 cm³/mol. The molecule has 172 valence electrons. The zero-order valence-electron chi connectivity index (χ0n) is 17.6. The van der Waals surface area contributed by atoms with Gasteiger partial charge < -0.3 is 20.3 Å². The molecule has 3 aromatic heterocycles. The maximum atomic E-state index is 14.4. The smallest absolute Gasteiger partial charge is 0.307 e. The summed E-state index contributed by atoms with van der Waals surface area (Å²) in [6.07, 6.45) is 6.48. The number of pyridine rings is 1. The monoisotopic (exact) mass is 472 g/mol. The number of hydrogen-bond donors (Lipinski definition) is 3. The summed E-state index contributed by atoms with van der Waals surface area (Å²) in [7, 11) is 0. The molecule has 5 rings (SSSR count). The summed E-state index contributed by atoms with van der Waals surface area (Å²) in [6.45, 7) is 1.58. The topological polar surface area (TPSA) is 124 Å². The Morgan fingerprint density at radius 3 is 2.94 bits per heavy atom. The summed E-state index contributed by atoms with van der Waals surface area (Å²) < 4.78 is 14.4. The maximum Gasteiger partial charge on any atom is 0.307 e. The van der Waals surface area contributed by atoms with Crippen molar-refractivity contribution in [2.75, 3.05) is 25.0 Å². The van der Waals surface area contributed by atoms with Crippen molar-refractivity contribution in [1.29, 1.82) is 0 Å². The predicted octanol–water partition coefficient (Wildman–Crippen LogP) is 3.18. The Morgan fingerprint density at radius 1 is 1.30 bits per heavy atom. The van der Waals surface area contributed by atoms with Gasteiger partial charge in [0.25, 0.3) is 0 Å². The van der Waals surface area contributed by atoms with Crippen LogP contribution in [0.1, 0.15) is 19.3 Å². The summed E-state index contributed by atoms with van der Waals surface area (Å²) in [5.41, 5.74) is 1.29. The molecular weight excluding hydrogens is 451 g/mol. The highest BCUT2D eigenvalue weighted by Gasteiger charge is 2.50. The minimum absolute atomic E-state index is 0.0842. The number of amides is 1. The molecule has 0 spiro atoms. The number of rotatable bonds is 6. The second-order valence-electron chi connectivity index (χ2n) is 8.60. The Kier molecular flexibility index (Phi) is 5.61. The number of nitrogens with one attached hydrogen (secondary N) is 2. The number of aromatic amines is 1. The molecule has 33 heavy (non-hydrogen) atoms. The number of aromatic nitrogens is 4. The molecule has 1 saturated heterocycles. The lowest BCUT2D eigenvalue weighted by atomic mass is 9.97. The fourth-order valence-electron chi connectivity index (χ4n) is 4.43. The second kappa shape index (κ2) is 8.58. The molecule has 3 aromatic rings. The van der Waals surface area contributed by atoms with Crippen LogP contribution in [0.4, 0.5) is 10.2 Å². The third-order valence-corrected chi connectivity index (χ3v) is 6.50. The van der Waals surface area contributed by atoms with Crippen molar-refractivity contribution in [3.8, 4) is 11.4 Å². The van der Waals surface area contributed by atoms with Crippen LogP contribution in [0.2, 0.25) is 5.02 Å². The van der Waals surface area contributed by atoms with Crippen molar-refractivity contribution in [3.63, 3.8) is 0 Å². The molecule has 1 aliphatic heterocycles. The number of nitrogens with zero attached hydrogens (tertiary/aromatic N) is 4. The molecule has 2 fully saturated rings. The van der Waals surface area contributed by atoms with Gasteiger partial charge in [-0.1, -0.05) is 11.6 Å². The molecule has 9 nitrogen and oxygen atoms in total. The summed E-state index contributed by atoms with van der Waals surface area (Å²) in [5.74, 6) is -2.00. The number of carboxylic acid groups (broad SMARTS) is 1. The van der Waals surface area contributed by atoms with E-state index in [0.717, 1.165) is 24.4 Å². The van der Waals surface area contributed by atoms with Crippen molar-refractivity contribution in [1.82, 2.24) is 24.8 Å². The number of halogens is 2. The molecule has 4 heterocycles. The van der Waals surface area contributed by atoms with E-state index in [1.54, 1.807) is 17.2 Å². The molecule has 11 heteroatoms. The van der Waals surface area contributed by atoms with E-state index in [-0.39, 0.29) is 17.6 Å². The first-order valence-corrected chi connectivity index (χ1v) is 11.2. The second-order valence-corrected chi connectivity index (χ2v) is 9.04. The lowest BCUT2D eigenvalue weighted by molar-refractivity contribution is -0.142. The SMILES string of the molecule is O=C(O)[C@H]1C[C@H]1C(=O)N1CCC[C@@H](CNc2nc(-c3c[nH]c4ncc(Cl)cc34)ncc2F)C1. The molecule has 3 atom stereocenters. The zero-order valence-corrected chi connectivity index (χ0v) is 18.3. The van der Waals surface area contributed by atoms with Gasteiger partial charge in [0.05, 0.1) is 23.1 Å². The summed E-state index contributed by atoms with van der Waals surface area (Å²) in [4.78, 5) is 41.2. The van der Waals surface area contributed by atoms with Gasteiger partial charge in [-0.05, 0) is 31.2 Å². The molecular formula is C22H22ClFN6O3. The highest BCUT2D eigenvalue weighted by molar-refractivity contribution is 6.31. The van der Waals surface area contributed by atoms with Gasteiger partial charge in [0.1, 0.15) is 5.65 Å². The van der Waals surface area contributed by atoms with Crippen LogP contribution in [-0.4, -0.2) is 61.5 Å². The molecule has 0 unspecified atom stereocenters. The van der Waals surface area contributed by atoms with Gasteiger partial charge >= 0.3 is 5.97 Å². The average Bonchev–Trinajstić information content (AvgIpc) is 3.52. The third kappa shape index (κ3) is 4.35. The van der Waals surface area contributed by atoms with Gasteiger partial charge in [0.15, 0.2) is 17.5 Å². The first kappa shape index (κ1) is 21.6. The Labute approximate surface area is 193 Å². The highest BCUT2D eigenvalue weighted by atomic mass is 35.5. The number of anilines is 1. The van der Waals surface area contributed by atoms with Gasteiger partial charge in [-0.2, -0.15) is 0 Å². The van der Waals surface area contributed by atoms with Gasteiger partial charge in [-0.25, -0.2) is 19.3 Å². The van der Waals surface area contributed by atoms with Gasteiger partial charge in [-0.3, -0.25) is 9.59 Å². The number of likely N-dealkylation sites (tertiary alicyclic amines) is 1. The number of carboxylic acids is 1. The number of aliphatic carboxylic acids is 1. The van der Waals surface area contributed by atoms with Crippen LogP contribution >= 0.6 is 11.6 Å². The fourth-order valence-corrected chi connectivity index (χ4v) is 4.59. The van der Waals surface area contributed by atoms with Crippen molar-refractivity contribution < 1.29 is 19.1 Å². The normalized spacial score (nSPS) is 22.4. The van der Waals surface area contributed by atoms with Crippen LogP contribution in [0.3, 0.4) is 0 Å². The Hall–Kier alpha value is -3.27. The molecule has 3 N–H and O–H groups in total. The number of fused-ring (bicyclic) bond motifs is 1. The molecule has 1 aliphatic carbocycles. The van der Waals surface area contributed by atoms with E-state index in [0.29, 0.717) is 48.1 Å². The highest BCUT2D eigenvalue weighted by Crippen LogP contribution is 2.40. The van der Waals surface area contributed by atoms with E-state index >= 15 is 0 Å². The maximum absolute atomic E-state index is 14.4. The number of carbonyl (C=O) groups excluding carboxylic acids is 1. The van der Waals surface area contributed by atoms with Crippen LogP contribution in [0.15, 0.2) is 24.7 Å². The minimum atomic E-state index is -0.910. The molecule has 0 aromatic carbocycles. The van der Waals surface area contributed by atoms with Gasteiger partial charge in [-0.15, -0.1) is 0 Å². The van der Waals surface area contributed by atoms with E-state index in [1.807, 2.05) is 0 Å². The van der Waals surface area contributed by atoms with Crippen LogP contribution in [0.5, 0.6) is 0 Å². The lowest BCUT2D eigenvalue weighted by Gasteiger charge is -2.33. The Balaban J connectivity index is 1.26. The first-order chi connectivity index (χ1) is 15.9. The number of H-pyrrole nitrogens is 1. The van der Waals surface area contributed by atoms with Crippen molar-refractivity contribution >= 4 is 40.3 Å². The standard InChI is InChI=1S/C22H22ClFN6O3/c23-12-4-13-16(8-27-18(13)26-7-12)19-28-9-17(24)20(29-19)25-6-11-2-1-3-30(10-11)21(31)14-5-15(14)22(32)33/h4,7-9,11,14-15H,1-3,5-6,10H2,(H,26,27)(H,32,33)(H,25,28,29)/t11-,14+,15-/m0/s1. The molecule has 1 amide bonds. The number of piperidine rings is 1. The largest absolute Gasteiger partial charge is 0.481 e. The number of carbonyl (C=O) groups is 2. The van der Waals surface area contributed by atoms with Gasteiger partial charge in [0.2, 0.25) is 5.91 Å². The van der Waals surface area contributed by atoms with Gasteiger partial charge in [0, 0.05) is 43.0 Å². The Morgan fingerprint density at radius 2 is 2.15 bits per heavy atom. The van der Waals surface area contributed by atoms with E-state index in [4.69, 9.17) is 16.7 Å². The van der Waals surface area contributed by atoms with Crippen LogP contribution in [0.25, 0.3) is 22.4 Å². The van der Waals surface area contributed by atoms with Crippen molar-refractivity contribution in [2.24, 2.45) is 17.8 Å². The Bertz CT molecular complexity index is 1230. The summed E-state index contributed by atoms with van der Waals surface area (Å²) in [6, 6.07) is 1.75. The quantitative estimate of drug-likeness (QED) is 0.503. The average molecular weight is 473 g/mol. The van der Waals surface area contributed by atoms with E-state index in [9.17, 15) is 14.0 Å². The lowest BCUT2D eigenvalue weighted by Crippen LogP contribution is -2.43. The zero-order chi connectivity index (χ0) is 23.1.